The first-order valence-corrected chi connectivity index (χ1v) is 6.96. The second kappa shape index (κ2) is 6.37. The maximum atomic E-state index is 10.7. The summed E-state index contributed by atoms with van der Waals surface area (Å²) in [5, 5.41) is 14.0. The number of nitrogens with zero attached hydrogens (tertiary/aromatic N) is 4. The van der Waals surface area contributed by atoms with Crippen LogP contribution in [-0.4, -0.2) is 19.9 Å². The summed E-state index contributed by atoms with van der Waals surface area (Å²) in [6.45, 7) is 0. The Morgan fingerprint density at radius 1 is 1.04 bits per heavy atom. The number of anilines is 2. The van der Waals surface area contributed by atoms with Gasteiger partial charge >= 0.3 is 0 Å². The van der Waals surface area contributed by atoms with Gasteiger partial charge in [-0.1, -0.05) is 11.6 Å². The van der Waals surface area contributed by atoms with Crippen LogP contribution in [0.3, 0.4) is 0 Å². The van der Waals surface area contributed by atoms with Crippen molar-refractivity contribution >= 4 is 28.8 Å². The summed E-state index contributed by atoms with van der Waals surface area (Å²) in [7, 11) is 0. The van der Waals surface area contributed by atoms with Gasteiger partial charge in [-0.05, 0) is 24.3 Å². The molecule has 2 aromatic heterocycles. The Morgan fingerprint density at radius 3 is 2.39 bits per heavy atom. The Kier molecular flexibility index (Phi) is 4.11. The molecule has 0 bridgehead atoms. The molecule has 0 spiro atoms. The molecule has 3 aromatic rings. The molecule has 3 rings (SSSR count). The zero-order chi connectivity index (χ0) is 16.2. The molecule has 0 saturated carbocycles. The monoisotopic (exact) mass is 327 g/mol. The van der Waals surface area contributed by atoms with Gasteiger partial charge in [-0.15, -0.1) is 0 Å². The number of nitro benzene ring substituents is 1. The minimum absolute atomic E-state index is 0.0220. The highest BCUT2D eigenvalue weighted by molar-refractivity contribution is 6.29. The van der Waals surface area contributed by atoms with E-state index in [2.05, 4.69) is 20.3 Å². The first-order chi connectivity index (χ1) is 11.1. The number of nitrogens with one attached hydrogen (secondary N) is 1. The molecule has 8 heteroatoms. The van der Waals surface area contributed by atoms with Crippen LogP contribution in [0.4, 0.5) is 17.2 Å². The molecule has 0 fully saturated rings. The molecule has 7 nitrogen and oxygen atoms in total. The summed E-state index contributed by atoms with van der Waals surface area (Å²) in [4.78, 5) is 22.7. The van der Waals surface area contributed by atoms with Crippen molar-refractivity contribution in [2.24, 2.45) is 0 Å². The van der Waals surface area contributed by atoms with Gasteiger partial charge in [0.05, 0.1) is 4.92 Å². The van der Waals surface area contributed by atoms with E-state index in [1.165, 1.54) is 12.1 Å². The van der Waals surface area contributed by atoms with Crippen molar-refractivity contribution in [2.75, 3.05) is 5.32 Å². The number of hydrogen-bond acceptors (Lipinski definition) is 6. The number of nitro groups is 1. The third kappa shape index (κ3) is 3.58. The smallest absolute Gasteiger partial charge is 0.269 e. The van der Waals surface area contributed by atoms with Gasteiger partial charge in [0.2, 0.25) is 0 Å². The molecule has 1 N–H and O–H groups in total. The zero-order valence-corrected chi connectivity index (χ0v) is 12.4. The lowest BCUT2D eigenvalue weighted by atomic mass is 10.2. The average molecular weight is 328 g/mol. The van der Waals surface area contributed by atoms with Gasteiger partial charge in [0.15, 0.2) is 5.82 Å². The molecule has 0 amide bonds. The predicted octanol–water partition coefficient (Wildman–Crippen LogP) is 3.84. The fraction of sp³-hybridized carbons (Fsp3) is 0. The van der Waals surface area contributed by atoms with E-state index in [0.717, 1.165) is 5.56 Å². The molecule has 0 radical (unpaired) electrons. The van der Waals surface area contributed by atoms with Gasteiger partial charge in [0.1, 0.15) is 11.0 Å². The minimum Gasteiger partial charge on any atom is -0.340 e. The summed E-state index contributed by atoms with van der Waals surface area (Å²) < 4.78 is 0. The quantitative estimate of drug-likeness (QED) is 0.444. The molecule has 0 aliphatic heterocycles. The second-order valence-corrected chi connectivity index (χ2v) is 4.95. The Balaban J connectivity index is 1.88. The molecular weight excluding hydrogens is 318 g/mol. The van der Waals surface area contributed by atoms with Gasteiger partial charge in [-0.3, -0.25) is 15.1 Å². The van der Waals surface area contributed by atoms with E-state index >= 15 is 0 Å². The van der Waals surface area contributed by atoms with Crippen molar-refractivity contribution < 1.29 is 4.92 Å². The molecule has 23 heavy (non-hydrogen) atoms. The first-order valence-electron chi connectivity index (χ1n) is 6.58. The molecule has 114 valence electrons. The van der Waals surface area contributed by atoms with E-state index in [0.29, 0.717) is 17.3 Å². The summed E-state index contributed by atoms with van der Waals surface area (Å²) >= 11 is 6.04. The molecule has 0 unspecified atom stereocenters. The lowest BCUT2D eigenvalue weighted by Gasteiger charge is -2.08. The average Bonchev–Trinajstić information content (AvgIpc) is 2.55. The van der Waals surface area contributed by atoms with Crippen LogP contribution in [0.15, 0.2) is 54.9 Å². The molecule has 2 heterocycles. The summed E-state index contributed by atoms with van der Waals surface area (Å²) in [5.74, 6) is 0.954. The van der Waals surface area contributed by atoms with Crippen LogP contribution in [0.1, 0.15) is 0 Å². The second-order valence-electron chi connectivity index (χ2n) is 4.56. The van der Waals surface area contributed by atoms with Crippen molar-refractivity contribution in [3.63, 3.8) is 0 Å². The summed E-state index contributed by atoms with van der Waals surface area (Å²) in [6.07, 6.45) is 3.28. The van der Waals surface area contributed by atoms with Gasteiger partial charge < -0.3 is 5.32 Å². The van der Waals surface area contributed by atoms with Crippen molar-refractivity contribution in [3.8, 4) is 11.4 Å². The molecule has 0 saturated heterocycles. The fourth-order valence-electron chi connectivity index (χ4n) is 1.93. The maximum Gasteiger partial charge on any atom is 0.269 e. The third-order valence-corrected chi connectivity index (χ3v) is 3.18. The van der Waals surface area contributed by atoms with Crippen LogP contribution < -0.4 is 5.32 Å². The highest BCUT2D eigenvalue weighted by Gasteiger charge is 2.08. The van der Waals surface area contributed by atoms with Crippen molar-refractivity contribution in [1.29, 1.82) is 0 Å². The summed E-state index contributed by atoms with van der Waals surface area (Å²) in [6, 6.07) is 11.2. The van der Waals surface area contributed by atoms with Crippen LogP contribution >= 0.6 is 11.6 Å². The number of non-ortho nitro benzene ring substituents is 1. The maximum absolute atomic E-state index is 10.7. The highest BCUT2D eigenvalue weighted by Crippen LogP contribution is 2.23. The van der Waals surface area contributed by atoms with E-state index in [9.17, 15) is 10.1 Å². The highest BCUT2D eigenvalue weighted by atomic mass is 35.5. The number of pyridine rings is 1. The molecule has 0 atom stereocenters. The topological polar surface area (TPSA) is 93.8 Å². The predicted molar refractivity (Wildman–Crippen MR) is 86.7 cm³/mol. The van der Waals surface area contributed by atoms with Crippen LogP contribution in [0, 0.1) is 10.1 Å². The van der Waals surface area contributed by atoms with Gasteiger partial charge in [0, 0.05) is 41.8 Å². The minimum atomic E-state index is -0.452. The first kappa shape index (κ1) is 14.9. The Hall–Kier alpha value is -3.06. The SMILES string of the molecule is O=[N+]([O-])c1ccc(Nc2cc(Cl)nc(-c3ccncc3)n2)cc1. The van der Waals surface area contributed by atoms with Crippen LogP contribution in [0.5, 0.6) is 0 Å². The van der Waals surface area contributed by atoms with Crippen molar-refractivity contribution in [3.05, 3.63) is 70.1 Å². The van der Waals surface area contributed by atoms with Crippen LogP contribution in [0.2, 0.25) is 5.15 Å². The van der Waals surface area contributed by atoms with E-state index in [1.54, 1.807) is 42.7 Å². The van der Waals surface area contributed by atoms with E-state index in [-0.39, 0.29) is 10.8 Å². The van der Waals surface area contributed by atoms with Crippen molar-refractivity contribution in [2.45, 2.75) is 0 Å². The van der Waals surface area contributed by atoms with Gasteiger partial charge in [-0.25, -0.2) is 9.97 Å². The summed E-state index contributed by atoms with van der Waals surface area (Å²) in [5.41, 5.74) is 1.47. The fourth-order valence-corrected chi connectivity index (χ4v) is 2.11. The molecule has 0 aliphatic rings. The zero-order valence-electron chi connectivity index (χ0n) is 11.7. The number of benzene rings is 1. The van der Waals surface area contributed by atoms with Crippen molar-refractivity contribution in [1.82, 2.24) is 15.0 Å². The van der Waals surface area contributed by atoms with E-state index < -0.39 is 4.92 Å². The van der Waals surface area contributed by atoms with Crippen LogP contribution in [-0.2, 0) is 0 Å². The largest absolute Gasteiger partial charge is 0.340 e. The number of hydrogen-bond donors (Lipinski definition) is 1. The number of halogens is 1. The van der Waals surface area contributed by atoms with Gasteiger partial charge in [-0.2, -0.15) is 0 Å². The van der Waals surface area contributed by atoms with Crippen LogP contribution in [0.25, 0.3) is 11.4 Å². The Bertz CT molecular complexity index is 840. The lowest BCUT2D eigenvalue weighted by Crippen LogP contribution is -1.98. The third-order valence-electron chi connectivity index (χ3n) is 2.98. The molecule has 1 aromatic carbocycles. The molecular formula is C15H10ClN5O2. The van der Waals surface area contributed by atoms with E-state index in [4.69, 9.17) is 11.6 Å². The Labute approximate surface area is 136 Å². The van der Waals surface area contributed by atoms with E-state index in [1.807, 2.05) is 0 Å². The molecule has 0 aliphatic carbocycles. The Morgan fingerprint density at radius 2 is 1.74 bits per heavy atom. The number of rotatable bonds is 4. The normalized spacial score (nSPS) is 10.3. The number of aromatic nitrogens is 3. The lowest BCUT2D eigenvalue weighted by molar-refractivity contribution is -0.384. The van der Waals surface area contributed by atoms with Gasteiger partial charge in [0.25, 0.3) is 5.69 Å². The standard InChI is InChI=1S/C15H10ClN5O2/c16-13-9-14(18-11-1-3-12(4-2-11)21(22)23)20-15(19-13)10-5-7-17-8-6-10/h1-9H,(H,18,19,20).